The minimum absolute atomic E-state index is 0.867. The topological polar surface area (TPSA) is 21.3 Å². The van der Waals surface area contributed by atoms with E-state index in [4.69, 9.17) is 4.42 Å². The van der Waals surface area contributed by atoms with E-state index in [1.54, 1.807) is 0 Å². The van der Waals surface area contributed by atoms with Gasteiger partial charge in [0, 0.05) is 50.4 Å². The summed E-state index contributed by atoms with van der Waals surface area (Å²) in [6.45, 7) is 0. The average Bonchev–Trinajstić information content (AvgIpc) is 3.77. The van der Waals surface area contributed by atoms with Gasteiger partial charge in [0.25, 0.3) is 0 Å². The molecule has 2 heterocycles. The van der Waals surface area contributed by atoms with Crippen molar-refractivity contribution in [2.24, 2.45) is 0 Å². The highest BCUT2D eigenvalue weighted by Crippen LogP contribution is 2.42. The van der Waals surface area contributed by atoms with Gasteiger partial charge in [-0.15, -0.1) is 0 Å². The van der Waals surface area contributed by atoms with Crippen LogP contribution in [-0.2, 0) is 0 Å². The molecule has 53 heavy (non-hydrogen) atoms. The van der Waals surface area contributed by atoms with Crippen molar-refractivity contribution in [2.45, 2.75) is 0 Å². The number of hydrogen-bond acceptors (Lipinski definition) is 2. The standard InChI is InChI=1S/C50H32N2O/c1-3-13-38(14-4-1)51(40-24-21-33-11-7-8-12-35(33)29-40)41-25-27-44-49(32-41)53-48-28-23-34-19-20-36(30-45(34)50(44)48)37-22-26-43-42-17-9-10-18-46(42)52(47(43)31-37)39-15-5-2-6-16-39/h1-32H. The first-order chi connectivity index (χ1) is 26.3. The van der Waals surface area contributed by atoms with Crippen LogP contribution in [0, 0.1) is 0 Å². The minimum Gasteiger partial charge on any atom is -0.456 e. The molecule has 0 aliphatic carbocycles. The molecule has 0 N–H and O–H groups in total. The van der Waals surface area contributed by atoms with Crippen molar-refractivity contribution in [3.8, 4) is 16.8 Å². The molecule has 0 bridgehead atoms. The predicted octanol–water partition coefficient (Wildman–Crippen LogP) is 14.1. The number of aromatic nitrogens is 1. The van der Waals surface area contributed by atoms with Crippen LogP contribution in [0.1, 0.15) is 0 Å². The van der Waals surface area contributed by atoms with Crippen LogP contribution in [0.25, 0.3) is 82.1 Å². The fourth-order valence-corrected chi connectivity index (χ4v) is 8.25. The van der Waals surface area contributed by atoms with Crippen molar-refractivity contribution in [1.82, 2.24) is 4.57 Å². The van der Waals surface area contributed by atoms with E-state index in [0.717, 1.165) is 44.7 Å². The van der Waals surface area contributed by atoms with Crippen molar-refractivity contribution >= 4 is 82.4 Å². The molecule has 0 spiro atoms. The molecule has 2 aromatic heterocycles. The SMILES string of the molecule is c1ccc(N(c2ccc3ccccc3c2)c2ccc3c(c2)oc2ccc4ccc(-c5ccc6c7ccccc7n(-c7ccccc7)c6c5)cc4c23)cc1. The van der Waals surface area contributed by atoms with E-state index in [2.05, 4.69) is 204 Å². The van der Waals surface area contributed by atoms with Gasteiger partial charge in [0.15, 0.2) is 0 Å². The molecule has 0 radical (unpaired) electrons. The Morgan fingerprint density at radius 1 is 0.358 bits per heavy atom. The highest BCUT2D eigenvalue weighted by molar-refractivity contribution is 6.20. The summed E-state index contributed by atoms with van der Waals surface area (Å²) in [7, 11) is 0. The van der Waals surface area contributed by atoms with Crippen molar-refractivity contribution < 1.29 is 4.42 Å². The lowest BCUT2D eigenvalue weighted by Gasteiger charge is -2.25. The number of fused-ring (bicyclic) bond motifs is 9. The quantitative estimate of drug-likeness (QED) is 0.181. The molecule has 0 saturated carbocycles. The molecule has 248 valence electrons. The van der Waals surface area contributed by atoms with E-state index in [-0.39, 0.29) is 0 Å². The van der Waals surface area contributed by atoms with Crippen LogP contribution in [0.4, 0.5) is 17.1 Å². The number of hydrogen-bond donors (Lipinski definition) is 0. The predicted molar refractivity (Wildman–Crippen MR) is 223 cm³/mol. The zero-order valence-electron chi connectivity index (χ0n) is 28.8. The lowest BCUT2D eigenvalue weighted by Crippen LogP contribution is -2.09. The molecule has 0 atom stereocenters. The highest BCUT2D eigenvalue weighted by atomic mass is 16.3. The van der Waals surface area contributed by atoms with Gasteiger partial charge in [-0.2, -0.15) is 0 Å². The van der Waals surface area contributed by atoms with Crippen molar-refractivity contribution in [3.63, 3.8) is 0 Å². The van der Waals surface area contributed by atoms with Crippen LogP contribution in [0.2, 0.25) is 0 Å². The molecule has 0 unspecified atom stereocenters. The van der Waals surface area contributed by atoms with Crippen molar-refractivity contribution in [1.29, 1.82) is 0 Å². The third-order valence-electron chi connectivity index (χ3n) is 10.7. The lowest BCUT2D eigenvalue weighted by atomic mass is 9.97. The maximum atomic E-state index is 6.66. The van der Waals surface area contributed by atoms with Crippen molar-refractivity contribution in [2.75, 3.05) is 4.90 Å². The Morgan fingerprint density at radius 2 is 1.00 bits per heavy atom. The molecule has 0 amide bonds. The maximum Gasteiger partial charge on any atom is 0.137 e. The van der Waals surface area contributed by atoms with Gasteiger partial charge in [-0.05, 0) is 105 Å². The number of furan rings is 1. The lowest BCUT2D eigenvalue weighted by molar-refractivity contribution is 0.669. The fraction of sp³-hybridized carbons (Fsp3) is 0. The summed E-state index contributed by atoms with van der Waals surface area (Å²) in [6.07, 6.45) is 0. The number of nitrogens with zero attached hydrogens (tertiary/aromatic N) is 2. The van der Waals surface area contributed by atoms with Crippen LogP contribution in [-0.4, -0.2) is 4.57 Å². The first-order valence-electron chi connectivity index (χ1n) is 18.1. The number of rotatable bonds is 5. The van der Waals surface area contributed by atoms with Gasteiger partial charge in [0.05, 0.1) is 11.0 Å². The van der Waals surface area contributed by atoms with Gasteiger partial charge in [-0.1, -0.05) is 115 Å². The molecule has 0 aliphatic heterocycles. The summed E-state index contributed by atoms with van der Waals surface area (Å²) in [5, 5.41) is 9.56. The van der Waals surface area contributed by atoms with E-state index in [0.29, 0.717) is 0 Å². The number of benzene rings is 9. The molecule has 0 fully saturated rings. The Kier molecular flexibility index (Phi) is 6.55. The number of para-hydroxylation sites is 3. The van der Waals surface area contributed by atoms with Gasteiger partial charge in [0.2, 0.25) is 0 Å². The Labute approximate surface area is 306 Å². The summed E-state index contributed by atoms with van der Waals surface area (Å²) in [6, 6.07) is 69.7. The zero-order valence-corrected chi connectivity index (χ0v) is 28.8. The van der Waals surface area contributed by atoms with Gasteiger partial charge in [-0.3, -0.25) is 0 Å². The van der Waals surface area contributed by atoms with Gasteiger partial charge in [-0.25, -0.2) is 0 Å². The third-order valence-corrected chi connectivity index (χ3v) is 10.7. The first kappa shape index (κ1) is 29.6. The summed E-state index contributed by atoms with van der Waals surface area (Å²) >= 11 is 0. The van der Waals surface area contributed by atoms with Gasteiger partial charge in [0.1, 0.15) is 11.2 Å². The Hall–Kier alpha value is -7.10. The smallest absolute Gasteiger partial charge is 0.137 e. The average molecular weight is 677 g/mol. The second kappa shape index (κ2) is 11.7. The maximum absolute atomic E-state index is 6.66. The van der Waals surface area contributed by atoms with Crippen LogP contribution in [0.5, 0.6) is 0 Å². The molecule has 3 nitrogen and oxygen atoms in total. The van der Waals surface area contributed by atoms with Gasteiger partial charge < -0.3 is 13.9 Å². The summed E-state index contributed by atoms with van der Waals surface area (Å²) in [4.78, 5) is 2.31. The minimum atomic E-state index is 0.867. The normalized spacial score (nSPS) is 11.8. The van der Waals surface area contributed by atoms with Crippen LogP contribution >= 0.6 is 0 Å². The van der Waals surface area contributed by atoms with E-state index in [9.17, 15) is 0 Å². The second-order valence-corrected chi connectivity index (χ2v) is 13.8. The molecular formula is C50H32N2O. The third kappa shape index (κ3) is 4.75. The van der Waals surface area contributed by atoms with E-state index in [1.807, 2.05) is 0 Å². The van der Waals surface area contributed by atoms with Gasteiger partial charge >= 0.3 is 0 Å². The monoisotopic (exact) mass is 676 g/mol. The van der Waals surface area contributed by atoms with Crippen LogP contribution < -0.4 is 4.90 Å². The van der Waals surface area contributed by atoms with E-state index in [1.165, 1.54) is 54.5 Å². The largest absolute Gasteiger partial charge is 0.456 e. The summed E-state index contributed by atoms with van der Waals surface area (Å²) in [5.74, 6) is 0. The molecule has 0 saturated heterocycles. The van der Waals surface area contributed by atoms with Crippen LogP contribution in [0.3, 0.4) is 0 Å². The van der Waals surface area contributed by atoms with Crippen molar-refractivity contribution in [3.05, 3.63) is 194 Å². The molecule has 11 aromatic rings. The zero-order chi connectivity index (χ0) is 34.9. The van der Waals surface area contributed by atoms with E-state index < -0.39 is 0 Å². The molecule has 3 heteroatoms. The molecular weight excluding hydrogens is 645 g/mol. The Morgan fingerprint density at radius 3 is 1.89 bits per heavy atom. The van der Waals surface area contributed by atoms with E-state index >= 15 is 0 Å². The molecule has 9 aromatic carbocycles. The highest BCUT2D eigenvalue weighted by Gasteiger charge is 2.18. The second-order valence-electron chi connectivity index (χ2n) is 13.8. The Balaban J connectivity index is 1.07. The van der Waals surface area contributed by atoms with Crippen LogP contribution in [0.15, 0.2) is 199 Å². The summed E-state index contributed by atoms with van der Waals surface area (Å²) in [5.41, 5.74) is 10.9. The molecule has 0 aliphatic rings. The molecule has 11 rings (SSSR count). The fourth-order valence-electron chi connectivity index (χ4n) is 8.25. The Bertz CT molecular complexity index is 3170. The number of anilines is 3. The summed E-state index contributed by atoms with van der Waals surface area (Å²) < 4.78 is 9.05. The first-order valence-corrected chi connectivity index (χ1v) is 18.1.